The molecule has 96 valence electrons. The van der Waals surface area contributed by atoms with Crippen LogP contribution in [0.1, 0.15) is 52.9 Å². The van der Waals surface area contributed by atoms with Gasteiger partial charge in [-0.15, -0.1) is 0 Å². The van der Waals surface area contributed by atoms with Gasteiger partial charge >= 0.3 is 0 Å². The predicted octanol–water partition coefficient (Wildman–Crippen LogP) is 2.79. The second-order valence-electron chi connectivity index (χ2n) is 7.75. The standard InChI is InChI=1S/C15H24O2/c1-13(9-16)6-10-7-14(2)4-5-15(3,12(14)17)11(10)8-13/h10-11,16H,4-9H2,1-3H3/t10-,11-,13-,14+,15-/m0/s1. The van der Waals surface area contributed by atoms with E-state index in [4.69, 9.17) is 0 Å². The van der Waals surface area contributed by atoms with Crippen LogP contribution < -0.4 is 0 Å². The van der Waals surface area contributed by atoms with Crippen molar-refractivity contribution >= 4 is 5.78 Å². The van der Waals surface area contributed by atoms with Crippen molar-refractivity contribution in [1.29, 1.82) is 0 Å². The molecule has 1 N–H and O–H groups in total. The summed E-state index contributed by atoms with van der Waals surface area (Å²) in [5.41, 5.74) is -0.0549. The summed E-state index contributed by atoms with van der Waals surface area (Å²) in [5.74, 6) is 1.72. The highest BCUT2D eigenvalue weighted by Crippen LogP contribution is 2.66. The third kappa shape index (κ3) is 1.34. The summed E-state index contributed by atoms with van der Waals surface area (Å²) in [6.45, 7) is 6.84. The molecule has 0 radical (unpaired) electrons. The molecule has 2 nitrogen and oxygen atoms in total. The highest BCUT2D eigenvalue weighted by molar-refractivity contribution is 5.93. The second-order valence-corrected chi connectivity index (χ2v) is 7.75. The molecule has 0 spiro atoms. The number of carbonyl (C=O) groups is 1. The molecule has 3 rings (SSSR count). The number of carbonyl (C=O) groups excluding carboxylic acids is 1. The zero-order chi connectivity index (χ0) is 12.5. The molecule has 0 aromatic heterocycles. The average molecular weight is 236 g/mol. The minimum Gasteiger partial charge on any atom is -0.396 e. The molecular formula is C15H24O2. The molecule has 3 aliphatic rings. The molecule has 3 fully saturated rings. The van der Waals surface area contributed by atoms with E-state index in [9.17, 15) is 9.90 Å². The van der Waals surface area contributed by atoms with Gasteiger partial charge in [0.1, 0.15) is 5.78 Å². The maximum Gasteiger partial charge on any atom is 0.144 e. The van der Waals surface area contributed by atoms with Gasteiger partial charge in [0.05, 0.1) is 0 Å². The molecular weight excluding hydrogens is 212 g/mol. The fourth-order valence-electron chi connectivity index (χ4n) is 5.22. The van der Waals surface area contributed by atoms with Gasteiger partial charge in [-0.25, -0.2) is 0 Å². The molecule has 2 heteroatoms. The molecule has 0 aromatic rings. The highest BCUT2D eigenvalue weighted by atomic mass is 16.3. The van der Waals surface area contributed by atoms with Gasteiger partial charge in [-0.05, 0) is 49.4 Å². The monoisotopic (exact) mass is 236 g/mol. The minimum atomic E-state index is -0.0788. The van der Waals surface area contributed by atoms with Crippen molar-refractivity contribution in [3.63, 3.8) is 0 Å². The lowest BCUT2D eigenvalue weighted by molar-refractivity contribution is -0.141. The Morgan fingerprint density at radius 2 is 1.88 bits per heavy atom. The van der Waals surface area contributed by atoms with Crippen LogP contribution in [0.2, 0.25) is 0 Å². The first kappa shape index (κ1) is 11.7. The lowest BCUT2D eigenvalue weighted by Gasteiger charge is -2.42. The van der Waals surface area contributed by atoms with Gasteiger partial charge in [0.25, 0.3) is 0 Å². The zero-order valence-electron chi connectivity index (χ0n) is 11.3. The van der Waals surface area contributed by atoms with Crippen molar-refractivity contribution in [2.75, 3.05) is 6.61 Å². The van der Waals surface area contributed by atoms with Crippen molar-refractivity contribution in [1.82, 2.24) is 0 Å². The van der Waals surface area contributed by atoms with Crippen LogP contribution in [0.4, 0.5) is 0 Å². The average Bonchev–Trinajstić information content (AvgIpc) is 2.69. The Morgan fingerprint density at radius 1 is 1.18 bits per heavy atom. The fraction of sp³-hybridized carbons (Fsp3) is 0.933. The first-order chi connectivity index (χ1) is 7.83. The SMILES string of the molecule is C[C@]1(CO)C[C@H]2C[C@@]3(C)CC[C@](C)(C3=O)[C@H]2C1. The number of hydrogen-bond acceptors (Lipinski definition) is 2. The normalized spacial score (nSPS) is 57.3. The lowest BCUT2D eigenvalue weighted by Crippen LogP contribution is -2.45. The summed E-state index contributed by atoms with van der Waals surface area (Å²) >= 11 is 0. The molecule has 0 amide bonds. The number of rotatable bonds is 1. The summed E-state index contributed by atoms with van der Waals surface area (Å²) in [6, 6.07) is 0. The van der Waals surface area contributed by atoms with Gasteiger partial charge in [0, 0.05) is 17.4 Å². The van der Waals surface area contributed by atoms with E-state index < -0.39 is 0 Å². The molecule has 17 heavy (non-hydrogen) atoms. The van der Waals surface area contributed by atoms with E-state index in [0.717, 1.165) is 32.1 Å². The van der Waals surface area contributed by atoms with Crippen molar-refractivity contribution in [3.05, 3.63) is 0 Å². The first-order valence-corrected chi connectivity index (χ1v) is 6.99. The Morgan fingerprint density at radius 3 is 2.53 bits per heavy atom. The van der Waals surface area contributed by atoms with Crippen molar-refractivity contribution in [2.45, 2.75) is 52.9 Å². The number of fused-ring (bicyclic) bond motifs is 4. The molecule has 3 saturated carbocycles. The number of ketones is 1. The van der Waals surface area contributed by atoms with Crippen LogP contribution in [0, 0.1) is 28.1 Å². The van der Waals surface area contributed by atoms with Crippen LogP contribution in [0.25, 0.3) is 0 Å². The van der Waals surface area contributed by atoms with Crippen molar-refractivity contribution < 1.29 is 9.90 Å². The number of Topliss-reactive ketones (excluding diaryl/α,β-unsaturated/α-hetero) is 1. The van der Waals surface area contributed by atoms with Crippen molar-refractivity contribution in [3.8, 4) is 0 Å². The highest BCUT2D eigenvalue weighted by Gasteiger charge is 2.64. The van der Waals surface area contributed by atoms with Gasteiger partial charge in [-0.1, -0.05) is 20.8 Å². The lowest BCUT2D eigenvalue weighted by atomic mass is 9.60. The van der Waals surface area contributed by atoms with E-state index in [-0.39, 0.29) is 22.9 Å². The molecule has 2 bridgehead atoms. The van der Waals surface area contributed by atoms with Crippen LogP contribution in [-0.2, 0) is 4.79 Å². The zero-order valence-corrected chi connectivity index (χ0v) is 11.3. The van der Waals surface area contributed by atoms with Gasteiger partial charge in [-0.3, -0.25) is 4.79 Å². The Labute approximate surface area is 104 Å². The summed E-state index contributed by atoms with van der Waals surface area (Å²) in [6.07, 6.45) is 5.40. The summed E-state index contributed by atoms with van der Waals surface area (Å²) in [4.78, 5) is 12.6. The van der Waals surface area contributed by atoms with Crippen LogP contribution >= 0.6 is 0 Å². The second kappa shape index (κ2) is 3.14. The predicted molar refractivity (Wildman–Crippen MR) is 66.5 cm³/mol. The van der Waals surface area contributed by atoms with E-state index in [2.05, 4.69) is 20.8 Å². The van der Waals surface area contributed by atoms with Crippen LogP contribution in [0.5, 0.6) is 0 Å². The van der Waals surface area contributed by atoms with Crippen molar-refractivity contribution in [2.24, 2.45) is 28.1 Å². The number of aliphatic hydroxyl groups is 1. The quantitative estimate of drug-likeness (QED) is 0.760. The smallest absolute Gasteiger partial charge is 0.144 e. The summed E-state index contributed by atoms with van der Waals surface area (Å²) in [5, 5.41) is 9.57. The Balaban J connectivity index is 1.98. The van der Waals surface area contributed by atoms with E-state index in [1.165, 1.54) is 0 Å². The van der Waals surface area contributed by atoms with Gasteiger partial charge in [-0.2, -0.15) is 0 Å². The third-order valence-corrected chi connectivity index (χ3v) is 6.21. The third-order valence-electron chi connectivity index (χ3n) is 6.21. The Hall–Kier alpha value is -0.370. The number of aliphatic hydroxyl groups excluding tert-OH is 1. The Kier molecular flexibility index (Phi) is 2.16. The van der Waals surface area contributed by atoms with E-state index in [1.54, 1.807) is 0 Å². The Bertz CT molecular complexity index is 377. The van der Waals surface area contributed by atoms with Gasteiger partial charge in [0.15, 0.2) is 0 Å². The largest absolute Gasteiger partial charge is 0.396 e. The topological polar surface area (TPSA) is 37.3 Å². The van der Waals surface area contributed by atoms with E-state index in [1.807, 2.05) is 0 Å². The van der Waals surface area contributed by atoms with Gasteiger partial charge in [0.2, 0.25) is 0 Å². The molecule has 0 unspecified atom stereocenters. The fourth-order valence-corrected chi connectivity index (χ4v) is 5.22. The summed E-state index contributed by atoms with van der Waals surface area (Å²) < 4.78 is 0. The summed E-state index contributed by atoms with van der Waals surface area (Å²) in [7, 11) is 0. The van der Waals surface area contributed by atoms with E-state index in [0.29, 0.717) is 17.6 Å². The van der Waals surface area contributed by atoms with Crippen LogP contribution in [-0.4, -0.2) is 17.5 Å². The molecule has 0 aliphatic heterocycles. The molecule has 5 atom stereocenters. The van der Waals surface area contributed by atoms with Crippen LogP contribution in [0.15, 0.2) is 0 Å². The van der Waals surface area contributed by atoms with Gasteiger partial charge < -0.3 is 5.11 Å². The minimum absolute atomic E-state index is 0.0450. The van der Waals surface area contributed by atoms with E-state index >= 15 is 0 Å². The number of hydrogen-bond donors (Lipinski definition) is 1. The molecule has 0 heterocycles. The van der Waals surface area contributed by atoms with Crippen LogP contribution in [0.3, 0.4) is 0 Å². The molecule has 0 aromatic carbocycles. The maximum atomic E-state index is 12.6. The molecule has 3 aliphatic carbocycles. The first-order valence-electron chi connectivity index (χ1n) is 6.99. The molecule has 0 saturated heterocycles. The maximum absolute atomic E-state index is 12.6.